The van der Waals surface area contributed by atoms with Gasteiger partial charge in [0.25, 0.3) is 0 Å². The van der Waals surface area contributed by atoms with Crippen LogP contribution in [0.15, 0.2) is 188 Å². The predicted molar refractivity (Wildman–Crippen MR) is 235 cm³/mol. The number of hydrogen-bond acceptors (Lipinski definition) is 4. The number of benzene rings is 8. The van der Waals surface area contributed by atoms with Gasteiger partial charge in [0, 0.05) is 33.8 Å². The third kappa shape index (κ3) is 4.96. The number of para-hydroxylation sites is 1. The molecule has 0 saturated heterocycles. The van der Waals surface area contributed by atoms with Gasteiger partial charge in [-0.3, -0.25) is 4.40 Å². The zero-order chi connectivity index (χ0) is 37.5. The lowest BCUT2D eigenvalue weighted by atomic mass is 9.94. The molecule has 8 aromatic carbocycles. The Labute approximate surface area is 327 Å². The number of rotatable bonds is 4. The largest absolute Gasteiger partial charge is 0.298 e. The van der Waals surface area contributed by atoms with Gasteiger partial charge in [0.2, 0.25) is 0 Å². The molecule has 0 spiro atoms. The molecule has 0 atom stereocenters. The van der Waals surface area contributed by atoms with Crippen LogP contribution in [0.5, 0.6) is 0 Å². The van der Waals surface area contributed by atoms with E-state index in [-0.39, 0.29) is 0 Å². The predicted octanol–water partition coefficient (Wildman–Crippen LogP) is 13.1. The van der Waals surface area contributed by atoms with Crippen molar-refractivity contribution in [2.24, 2.45) is 0 Å². The van der Waals surface area contributed by atoms with E-state index < -0.39 is 0 Å². The Morgan fingerprint density at radius 1 is 0.368 bits per heavy atom. The first kappa shape index (κ1) is 31.6. The van der Waals surface area contributed by atoms with E-state index in [1.807, 2.05) is 30.3 Å². The molecule has 57 heavy (non-hydrogen) atoms. The van der Waals surface area contributed by atoms with Crippen molar-refractivity contribution < 1.29 is 0 Å². The highest BCUT2D eigenvalue weighted by Crippen LogP contribution is 2.40. The first-order valence-corrected chi connectivity index (χ1v) is 19.2. The van der Waals surface area contributed by atoms with Crippen molar-refractivity contribution in [1.29, 1.82) is 0 Å². The second kappa shape index (κ2) is 12.4. The average Bonchev–Trinajstić information content (AvgIpc) is 3.68. The molecule has 0 radical (unpaired) electrons. The molecule has 12 rings (SSSR count). The van der Waals surface area contributed by atoms with Crippen LogP contribution in [0.4, 0.5) is 0 Å². The minimum absolute atomic E-state index is 0.689. The number of nitrogens with zero attached hydrogens (tertiary/aromatic N) is 5. The Hall–Kier alpha value is -7.76. The molecule has 0 aliphatic rings. The van der Waals surface area contributed by atoms with Gasteiger partial charge in [-0.25, -0.2) is 19.9 Å². The normalized spacial score (nSPS) is 11.9. The molecule has 264 valence electrons. The van der Waals surface area contributed by atoms with Crippen LogP contribution in [0, 0.1) is 0 Å². The van der Waals surface area contributed by atoms with E-state index in [1.165, 1.54) is 26.9 Å². The van der Waals surface area contributed by atoms with E-state index in [0.29, 0.717) is 5.82 Å². The van der Waals surface area contributed by atoms with Crippen LogP contribution in [0.1, 0.15) is 0 Å². The van der Waals surface area contributed by atoms with E-state index in [9.17, 15) is 0 Å². The van der Waals surface area contributed by atoms with Crippen molar-refractivity contribution in [1.82, 2.24) is 24.3 Å². The lowest BCUT2D eigenvalue weighted by molar-refractivity contribution is 1.19. The van der Waals surface area contributed by atoms with Crippen LogP contribution in [0.3, 0.4) is 0 Å². The molecule has 0 bridgehead atoms. The van der Waals surface area contributed by atoms with Gasteiger partial charge in [0.05, 0.1) is 28.1 Å². The summed E-state index contributed by atoms with van der Waals surface area (Å²) in [6, 6.07) is 64.1. The molecule has 5 heteroatoms. The van der Waals surface area contributed by atoms with Crippen LogP contribution in [-0.2, 0) is 0 Å². The second-order valence-electron chi connectivity index (χ2n) is 14.6. The van der Waals surface area contributed by atoms with E-state index >= 15 is 0 Å². The van der Waals surface area contributed by atoms with E-state index in [0.717, 1.165) is 83.1 Å². The summed E-state index contributed by atoms with van der Waals surface area (Å²) >= 11 is 0. The maximum Gasteiger partial charge on any atom is 0.161 e. The molecule has 0 N–H and O–H groups in total. The summed E-state index contributed by atoms with van der Waals surface area (Å²) in [5.41, 5.74) is 10.5. The smallest absolute Gasteiger partial charge is 0.161 e. The van der Waals surface area contributed by atoms with Crippen molar-refractivity contribution in [3.05, 3.63) is 188 Å². The van der Waals surface area contributed by atoms with Crippen LogP contribution in [0.2, 0.25) is 0 Å². The summed E-state index contributed by atoms with van der Waals surface area (Å²) < 4.78 is 2.14. The first-order valence-electron chi connectivity index (χ1n) is 19.2. The number of aromatic nitrogens is 5. The highest BCUT2D eigenvalue weighted by atomic mass is 15.0. The molecule has 0 amide bonds. The fourth-order valence-electron chi connectivity index (χ4n) is 8.71. The van der Waals surface area contributed by atoms with Gasteiger partial charge in [0.1, 0.15) is 11.2 Å². The van der Waals surface area contributed by atoms with Crippen molar-refractivity contribution in [2.75, 3.05) is 0 Å². The molecule has 4 aromatic heterocycles. The van der Waals surface area contributed by atoms with Crippen molar-refractivity contribution >= 4 is 70.7 Å². The molecule has 5 nitrogen and oxygen atoms in total. The van der Waals surface area contributed by atoms with Crippen LogP contribution < -0.4 is 0 Å². The van der Waals surface area contributed by atoms with E-state index in [1.54, 1.807) is 0 Å². The monoisotopic (exact) mass is 725 g/mol. The SMILES string of the molecule is c1ccc2c(c1)cc(-c1cc(-c3ccc(-c4nc5ccccc5c5nc6ccccn6c45)cc3)nc(-c3cc4ccccc4c4ccccc34)n1)c1ccccc12. The maximum atomic E-state index is 5.43. The minimum Gasteiger partial charge on any atom is -0.298 e. The van der Waals surface area contributed by atoms with Gasteiger partial charge >= 0.3 is 0 Å². The fourth-order valence-corrected chi connectivity index (χ4v) is 8.71. The van der Waals surface area contributed by atoms with Gasteiger partial charge in [-0.15, -0.1) is 0 Å². The highest BCUT2D eigenvalue weighted by molar-refractivity contribution is 6.15. The Kier molecular flexibility index (Phi) is 6.86. The molecule has 12 aromatic rings. The van der Waals surface area contributed by atoms with Crippen molar-refractivity contribution in [2.45, 2.75) is 0 Å². The Bertz CT molecular complexity index is 3450. The molecule has 0 fully saturated rings. The number of imidazole rings is 1. The number of pyridine rings is 2. The van der Waals surface area contributed by atoms with Crippen LogP contribution >= 0.6 is 0 Å². The zero-order valence-corrected chi connectivity index (χ0v) is 30.6. The third-order valence-electron chi connectivity index (χ3n) is 11.4. The molecule has 4 heterocycles. The van der Waals surface area contributed by atoms with Gasteiger partial charge in [-0.1, -0.05) is 146 Å². The van der Waals surface area contributed by atoms with E-state index in [4.69, 9.17) is 19.9 Å². The molecular formula is C52H31N5. The van der Waals surface area contributed by atoms with E-state index in [2.05, 4.69) is 162 Å². The second-order valence-corrected chi connectivity index (χ2v) is 14.6. The topological polar surface area (TPSA) is 56.0 Å². The fraction of sp³-hybridized carbons (Fsp3) is 0. The summed E-state index contributed by atoms with van der Waals surface area (Å²) in [6.07, 6.45) is 2.07. The number of hydrogen-bond donors (Lipinski definition) is 0. The van der Waals surface area contributed by atoms with Crippen LogP contribution in [-0.4, -0.2) is 24.3 Å². The average molecular weight is 726 g/mol. The summed E-state index contributed by atoms with van der Waals surface area (Å²) in [4.78, 5) is 21.1. The summed E-state index contributed by atoms with van der Waals surface area (Å²) in [7, 11) is 0. The third-order valence-corrected chi connectivity index (χ3v) is 11.4. The van der Waals surface area contributed by atoms with Crippen molar-refractivity contribution in [3.63, 3.8) is 0 Å². The number of fused-ring (bicyclic) bond motifs is 11. The molecule has 0 unspecified atom stereocenters. The summed E-state index contributed by atoms with van der Waals surface area (Å²) in [5.74, 6) is 0.689. The van der Waals surface area contributed by atoms with Gasteiger partial charge < -0.3 is 0 Å². The Balaban J connectivity index is 1.09. The quantitative estimate of drug-likeness (QED) is 0.170. The highest BCUT2D eigenvalue weighted by Gasteiger charge is 2.19. The molecule has 0 saturated carbocycles. The molecule has 0 aliphatic carbocycles. The Morgan fingerprint density at radius 2 is 0.912 bits per heavy atom. The summed E-state index contributed by atoms with van der Waals surface area (Å²) in [6.45, 7) is 0. The van der Waals surface area contributed by atoms with Gasteiger partial charge in [0.15, 0.2) is 5.82 Å². The standard InChI is InChI=1S/C52H31N5/c1-3-15-36-34(13-1)29-43(40-19-7-5-17-38(36)40)47-31-46(54-52(55-47)44-30-35-14-2-4-16-37(35)39-18-6-8-20-41(39)44)32-24-26-33(27-25-32)49-51-50(42-21-9-10-22-45(42)53-49)56-48-23-11-12-28-57(48)51/h1-31H. The lowest BCUT2D eigenvalue weighted by Gasteiger charge is -2.15. The Morgan fingerprint density at radius 3 is 1.63 bits per heavy atom. The maximum absolute atomic E-state index is 5.43. The molecule has 0 aliphatic heterocycles. The lowest BCUT2D eigenvalue weighted by Crippen LogP contribution is -1.98. The van der Waals surface area contributed by atoms with Crippen LogP contribution in [0.25, 0.3) is 116 Å². The molecular weight excluding hydrogens is 695 g/mol. The van der Waals surface area contributed by atoms with Crippen molar-refractivity contribution in [3.8, 4) is 45.2 Å². The van der Waals surface area contributed by atoms with Gasteiger partial charge in [-0.05, 0) is 79.5 Å². The zero-order valence-electron chi connectivity index (χ0n) is 30.6. The summed E-state index contributed by atoms with van der Waals surface area (Å²) in [5, 5.41) is 10.5. The minimum atomic E-state index is 0.689. The first-order chi connectivity index (χ1) is 28.2. The van der Waals surface area contributed by atoms with Gasteiger partial charge in [-0.2, -0.15) is 0 Å².